The molecule has 0 radical (unpaired) electrons. The lowest BCUT2D eigenvalue weighted by Crippen LogP contribution is -2.41. The highest BCUT2D eigenvalue weighted by Gasteiger charge is 2.30. The van der Waals surface area contributed by atoms with Gasteiger partial charge in [0.15, 0.2) is 5.17 Å². The number of rotatable bonds is 7. The van der Waals surface area contributed by atoms with Crippen LogP contribution in [0.3, 0.4) is 0 Å². The van der Waals surface area contributed by atoms with Crippen molar-refractivity contribution >= 4 is 46.3 Å². The smallest absolute Gasteiger partial charge is 0.238 e. The van der Waals surface area contributed by atoms with Gasteiger partial charge in [-0.25, -0.2) is 0 Å². The molecule has 0 aromatic heterocycles. The number of carbonyl (C=O) groups is 2. The molecule has 1 heterocycles. The number of amidine groups is 1. The van der Waals surface area contributed by atoms with Crippen LogP contribution >= 0.6 is 11.8 Å². The fourth-order valence-corrected chi connectivity index (χ4v) is 3.71. The van der Waals surface area contributed by atoms with Crippen molar-refractivity contribution in [2.24, 2.45) is 10.2 Å². The Morgan fingerprint density at radius 2 is 1.94 bits per heavy atom. The SMILES string of the molecule is CCOc1ccc(NC(=O)C2CC(=O)NC(=NN=Cc3ccc(N(C)C)cc3)S2)cc1. The molecule has 162 valence electrons. The molecule has 1 atom stereocenters. The molecule has 8 nitrogen and oxygen atoms in total. The highest BCUT2D eigenvalue weighted by molar-refractivity contribution is 8.15. The van der Waals surface area contributed by atoms with Crippen LogP contribution in [0.25, 0.3) is 0 Å². The Balaban J connectivity index is 1.60. The highest BCUT2D eigenvalue weighted by Crippen LogP contribution is 2.23. The van der Waals surface area contributed by atoms with Gasteiger partial charge in [0.25, 0.3) is 0 Å². The average Bonchev–Trinajstić information content (AvgIpc) is 2.75. The molecular formula is C22H25N5O3S. The van der Waals surface area contributed by atoms with Crippen LogP contribution in [0.1, 0.15) is 18.9 Å². The minimum Gasteiger partial charge on any atom is -0.494 e. The first-order chi connectivity index (χ1) is 14.9. The molecule has 0 saturated carbocycles. The van der Waals surface area contributed by atoms with Crippen molar-refractivity contribution < 1.29 is 14.3 Å². The van der Waals surface area contributed by atoms with Crippen LogP contribution < -0.4 is 20.3 Å². The third-order valence-corrected chi connectivity index (χ3v) is 5.43. The van der Waals surface area contributed by atoms with Gasteiger partial charge in [-0.1, -0.05) is 23.9 Å². The van der Waals surface area contributed by atoms with E-state index in [2.05, 4.69) is 20.8 Å². The Labute approximate surface area is 185 Å². The van der Waals surface area contributed by atoms with E-state index in [0.717, 1.165) is 17.0 Å². The summed E-state index contributed by atoms with van der Waals surface area (Å²) in [5.41, 5.74) is 2.60. The highest BCUT2D eigenvalue weighted by atomic mass is 32.2. The van der Waals surface area contributed by atoms with E-state index in [9.17, 15) is 9.59 Å². The molecule has 2 N–H and O–H groups in total. The number of benzene rings is 2. The second kappa shape index (κ2) is 10.6. The summed E-state index contributed by atoms with van der Waals surface area (Å²) in [6.07, 6.45) is 1.67. The molecule has 0 spiro atoms. The zero-order valence-corrected chi connectivity index (χ0v) is 18.5. The molecule has 2 aromatic rings. The van der Waals surface area contributed by atoms with Gasteiger partial charge in [0.05, 0.1) is 12.8 Å². The van der Waals surface area contributed by atoms with E-state index in [1.807, 2.05) is 50.2 Å². The summed E-state index contributed by atoms with van der Waals surface area (Å²) in [6.45, 7) is 2.48. The number of hydrogen-bond donors (Lipinski definition) is 2. The first kappa shape index (κ1) is 22.4. The predicted octanol–water partition coefficient (Wildman–Crippen LogP) is 3.10. The largest absolute Gasteiger partial charge is 0.494 e. The van der Waals surface area contributed by atoms with E-state index < -0.39 is 5.25 Å². The van der Waals surface area contributed by atoms with Crippen molar-refractivity contribution in [2.45, 2.75) is 18.6 Å². The quantitative estimate of drug-likeness (QED) is 0.511. The van der Waals surface area contributed by atoms with E-state index in [-0.39, 0.29) is 18.2 Å². The molecule has 2 aromatic carbocycles. The number of hydrogen-bond acceptors (Lipinski definition) is 7. The van der Waals surface area contributed by atoms with E-state index in [0.29, 0.717) is 17.5 Å². The minimum absolute atomic E-state index is 0.0717. The van der Waals surface area contributed by atoms with Gasteiger partial charge >= 0.3 is 0 Å². The van der Waals surface area contributed by atoms with Gasteiger partial charge in [0, 0.05) is 31.9 Å². The third kappa shape index (κ3) is 6.58. The topological polar surface area (TPSA) is 95.4 Å². The maximum absolute atomic E-state index is 12.6. The lowest BCUT2D eigenvalue weighted by molar-refractivity contribution is -0.123. The molecule has 1 saturated heterocycles. The second-order valence-electron chi connectivity index (χ2n) is 6.94. The summed E-state index contributed by atoms with van der Waals surface area (Å²) in [5.74, 6) is 0.199. The van der Waals surface area contributed by atoms with Gasteiger partial charge in [-0.05, 0) is 48.9 Å². The predicted molar refractivity (Wildman–Crippen MR) is 126 cm³/mol. The lowest BCUT2D eigenvalue weighted by Gasteiger charge is -2.21. The van der Waals surface area contributed by atoms with Gasteiger partial charge in [0.2, 0.25) is 11.8 Å². The van der Waals surface area contributed by atoms with Crippen LogP contribution in [0.2, 0.25) is 0 Å². The zero-order chi connectivity index (χ0) is 22.2. The maximum atomic E-state index is 12.6. The van der Waals surface area contributed by atoms with Crippen LogP contribution in [0.15, 0.2) is 58.7 Å². The van der Waals surface area contributed by atoms with Crippen LogP contribution in [-0.4, -0.2) is 49.1 Å². The number of nitrogens with one attached hydrogen (secondary N) is 2. The lowest BCUT2D eigenvalue weighted by atomic mass is 10.2. The molecule has 31 heavy (non-hydrogen) atoms. The maximum Gasteiger partial charge on any atom is 0.238 e. The first-order valence-electron chi connectivity index (χ1n) is 9.83. The summed E-state index contributed by atoms with van der Waals surface area (Å²) < 4.78 is 5.39. The van der Waals surface area contributed by atoms with Crippen LogP contribution in [0.5, 0.6) is 5.75 Å². The number of nitrogens with zero attached hydrogens (tertiary/aromatic N) is 3. The van der Waals surface area contributed by atoms with Crippen molar-refractivity contribution in [3.05, 3.63) is 54.1 Å². The molecular weight excluding hydrogens is 414 g/mol. The van der Waals surface area contributed by atoms with Crippen molar-refractivity contribution in [1.29, 1.82) is 0 Å². The van der Waals surface area contributed by atoms with Gasteiger partial charge in [-0.15, -0.1) is 5.10 Å². The number of ether oxygens (including phenoxy) is 1. The van der Waals surface area contributed by atoms with E-state index in [1.165, 1.54) is 11.8 Å². The minimum atomic E-state index is -0.589. The molecule has 1 aliphatic rings. The molecule has 3 rings (SSSR count). The molecule has 9 heteroatoms. The summed E-state index contributed by atoms with van der Waals surface area (Å²) in [4.78, 5) is 26.7. The van der Waals surface area contributed by atoms with Gasteiger partial charge in [-0.2, -0.15) is 5.10 Å². The fourth-order valence-electron chi connectivity index (χ4n) is 2.77. The van der Waals surface area contributed by atoms with Gasteiger partial charge in [0.1, 0.15) is 11.0 Å². The Kier molecular flexibility index (Phi) is 7.66. The zero-order valence-electron chi connectivity index (χ0n) is 17.7. The number of anilines is 2. The van der Waals surface area contributed by atoms with Crippen molar-refractivity contribution in [1.82, 2.24) is 5.32 Å². The van der Waals surface area contributed by atoms with E-state index >= 15 is 0 Å². The fraction of sp³-hybridized carbons (Fsp3) is 0.273. The number of amides is 2. The summed E-state index contributed by atoms with van der Waals surface area (Å²) in [7, 11) is 3.95. The first-order valence-corrected chi connectivity index (χ1v) is 10.7. The number of carbonyl (C=O) groups excluding carboxylic acids is 2. The second-order valence-corrected chi connectivity index (χ2v) is 8.13. The van der Waals surface area contributed by atoms with Crippen molar-refractivity contribution in [3.63, 3.8) is 0 Å². The Morgan fingerprint density at radius 1 is 1.23 bits per heavy atom. The molecule has 1 unspecified atom stereocenters. The summed E-state index contributed by atoms with van der Waals surface area (Å²) >= 11 is 1.18. The summed E-state index contributed by atoms with van der Waals surface area (Å²) in [5, 5.41) is 13.3. The molecule has 0 bridgehead atoms. The molecule has 0 aliphatic carbocycles. The Hall–Kier alpha value is -3.33. The normalized spacial score (nSPS) is 17.5. The van der Waals surface area contributed by atoms with Crippen LogP contribution in [0, 0.1) is 0 Å². The molecule has 2 amide bonds. The van der Waals surface area contributed by atoms with Crippen LogP contribution in [0.4, 0.5) is 11.4 Å². The van der Waals surface area contributed by atoms with Gasteiger partial charge < -0.3 is 20.3 Å². The van der Waals surface area contributed by atoms with E-state index in [1.54, 1.807) is 30.5 Å². The van der Waals surface area contributed by atoms with Crippen LogP contribution in [-0.2, 0) is 9.59 Å². The molecule has 1 fully saturated rings. The third-order valence-electron chi connectivity index (χ3n) is 4.36. The molecule has 1 aliphatic heterocycles. The van der Waals surface area contributed by atoms with Crippen molar-refractivity contribution in [3.8, 4) is 5.75 Å². The monoisotopic (exact) mass is 439 g/mol. The van der Waals surface area contributed by atoms with Gasteiger partial charge in [-0.3, -0.25) is 9.59 Å². The van der Waals surface area contributed by atoms with Crippen molar-refractivity contribution in [2.75, 3.05) is 30.9 Å². The standard InChI is InChI=1S/C22H25N5O3S/c1-4-30-18-11-7-16(8-12-18)24-21(29)19-13-20(28)25-22(31-19)26-23-14-15-5-9-17(10-6-15)27(2)3/h5-12,14,19H,4,13H2,1-3H3,(H,24,29)(H,25,26,28). The Bertz CT molecular complexity index is 972. The Morgan fingerprint density at radius 3 is 2.58 bits per heavy atom. The summed E-state index contributed by atoms with van der Waals surface area (Å²) in [6, 6.07) is 14.9. The number of thioether (sulfide) groups is 1. The average molecular weight is 440 g/mol. The van der Waals surface area contributed by atoms with E-state index in [4.69, 9.17) is 4.74 Å².